The fourth-order valence-corrected chi connectivity index (χ4v) is 4.99. The van der Waals surface area contributed by atoms with Crippen molar-refractivity contribution in [1.29, 1.82) is 0 Å². The molecule has 35 heavy (non-hydrogen) atoms. The number of allylic oxidation sites excluding steroid dienone is 1. The first kappa shape index (κ1) is 21.2. The Morgan fingerprint density at radius 1 is 1.00 bits per heavy atom. The van der Waals surface area contributed by atoms with Crippen LogP contribution in [-0.4, -0.2) is 30.1 Å². The van der Waals surface area contributed by atoms with Gasteiger partial charge in [-0.05, 0) is 47.0 Å². The van der Waals surface area contributed by atoms with Crippen molar-refractivity contribution in [3.05, 3.63) is 78.3 Å². The minimum atomic E-state index is 0.664. The van der Waals surface area contributed by atoms with Gasteiger partial charge in [0.15, 0.2) is 5.65 Å². The van der Waals surface area contributed by atoms with Crippen LogP contribution in [-0.2, 0) is 0 Å². The molecule has 8 heteroatoms. The maximum Gasteiger partial charge on any atom is 0.181 e. The number of thiophene rings is 1. The number of rotatable bonds is 7. The summed E-state index contributed by atoms with van der Waals surface area (Å²) < 4.78 is 0. The lowest BCUT2D eigenvalue weighted by atomic mass is 10.1. The number of aromatic nitrogens is 6. The van der Waals surface area contributed by atoms with Crippen LogP contribution in [0.15, 0.2) is 78.3 Å². The van der Waals surface area contributed by atoms with E-state index in [0.717, 1.165) is 68.6 Å². The van der Waals surface area contributed by atoms with Crippen molar-refractivity contribution in [2.45, 2.75) is 19.8 Å². The minimum absolute atomic E-state index is 0.664. The van der Waals surface area contributed by atoms with Crippen molar-refractivity contribution in [1.82, 2.24) is 30.1 Å². The van der Waals surface area contributed by atoms with E-state index in [0.29, 0.717) is 5.65 Å². The molecule has 0 bridgehead atoms. The van der Waals surface area contributed by atoms with Crippen LogP contribution in [0.3, 0.4) is 0 Å². The number of hydrogen-bond donors (Lipinski definition) is 3. The van der Waals surface area contributed by atoms with Crippen molar-refractivity contribution in [3.8, 4) is 33.6 Å². The summed E-state index contributed by atoms with van der Waals surface area (Å²) in [5, 5.41) is 17.2. The van der Waals surface area contributed by atoms with Crippen LogP contribution in [0.4, 0.5) is 5.69 Å². The molecule has 0 aromatic carbocycles. The maximum absolute atomic E-state index is 4.60. The van der Waals surface area contributed by atoms with Gasteiger partial charge in [0, 0.05) is 51.8 Å². The predicted molar refractivity (Wildman–Crippen MR) is 143 cm³/mol. The Morgan fingerprint density at radius 2 is 1.89 bits per heavy atom. The average Bonchev–Trinajstić information content (AvgIpc) is 3.63. The van der Waals surface area contributed by atoms with Gasteiger partial charge in [0.2, 0.25) is 0 Å². The smallest absolute Gasteiger partial charge is 0.181 e. The molecule has 3 N–H and O–H groups in total. The third-order valence-electron chi connectivity index (χ3n) is 6.00. The second-order valence-electron chi connectivity index (χ2n) is 8.48. The summed E-state index contributed by atoms with van der Waals surface area (Å²) in [6.07, 6.45) is 11.2. The number of pyridine rings is 3. The molecule has 172 valence electrons. The van der Waals surface area contributed by atoms with E-state index in [1.807, 2.05) is 31.0 Å². The fraction of sp³-hybridized carbons (Fsp3) is 0.111. The highest BCUT2D eigenvalue weighted by Crippen LogP contribution is 2.35. The molecule has 6 aromatic rings. The van der Waals surface area contributed by atoms with Crippen molar-refractivity contribution in [3.63, 3.8) is 0 Å². The van der Waals surface area contributed by atoms with Gasteiger partial charge in [-0.15, -0.1) is 0 Å². The van der Waals surface area contributed by atoms with E-state index < -0.39 is 0 Å². The predicted octanol–water partition coefficient (Wildman–Crippen LogP) is 7.02. The van der Waals surface area contributed by atoms with Gasteiger partial charge in [0.05, 0.1) is 35.0 Å². The Bertz CT molecular complexity index is 1660. The Hall–Kier alpha value is -4.30. The third-order valence-corrected chi connectivity index (χ3v) is 6.68. The SMILES string of the molecule is C=C(CCC)Nc1cncc(-c2cnc3n[nH]c(-c4cc5c(-c6ccsc6)cncc5[nH]4)c3c2)c1. The summed E-state index contributed by atoms with van der Waals surface area (Å²) in [5.74, 6) is 0. The highest BCUT2D eigenvalue weighted by Gasteiger charge is 2.15. The van der Waals surface area contributed by atoms with Crippen LogP contribution in [0.1, 0.15) is 19.8 Å². The molecule has 0 aliphatic rings. The second kappa shape index (κ2) is 8.81. The van der Waals surface area contributed by atoms with Crippen molar-refractivity contribution < 1.29 is 0 Å². The van der Waals surface area contributed by atoms with Crippen LogP contribution < -0.4 is 5.32 Å². The second-order valence-corrected chi connectivity index (χ2v) is 9.26. The van der Waals surface area contributed by atoms with Gasteiger partial charge in [0.25, 0.3) is 0 Å². The molecule has 0 amide bonds. The van der Waals surface area contributed by atoms with Crippen molar-refractivity contribution >= 4 is 39.0 Å². The summed E-state index contributed by atoms with van der Waals surface area (Å²) in [4.78, 5) is 17.0. The zero-order chi connectivity index (χ0) is 23.8. The van der Waals surface area contributed by atoms with Crippen LogP contribution in [0.25, 0.3) is 55.6 Å². The molecule has 0 radical (unpaired) electrons. The van der Waals surface area contributed by atoms with Gasteiger partial charge in [-0.2, -0.15) is 16.4 Å². The number of nitrogens with one attached hydrogen (secondary N) is 3. The highest BCUT2D eigenvalue weighted by atomic mass is 32.1. The largest absolute Gasteiger partial charge is 0.358 e. The minimum Gasteiger partial charge on any atom is -0.358 e. The lowest BCUT2D eigenvalue weighted by Crippen LogP contribution is -1.98. The summed E-state index contributed by atoms with van der Waals surface area (Å²) in [7, 11) is 0. The molecule has 0 saturated heterocycles. The van der Waals surface area contributed by atoms with Gasteiger partial charge >= 0.3 is 0 Å². The van der Waals surface area contributed by atoms with Gasteiger partial charge in [-0.3, -0.25) is 15.1 Å². The number of anilines is 1. The monoisotopic (exact) mass is 477 g/mol. The first-order valence-electron chi connectivity index (χ1n) is 11.4. The number of hydrogen-bond acceptors (Lipinski definition) is 6. The van der Waals surface area contributed by atoms with E-state index in [1.165, 1.54) is 5.56 Å². The summed E-state index contributed by atoms with van der Waals surface area (Å²) in [6.45, 7) is 6.23. The number of H-pyrrole nitrogens is 2. The van der Waals surface area contributed by atoms with E-state index in [2.05, 4.69) is 84.0 Å². The van der Waals surface area contributed by atoms with Gasteiger partial charge < -0.3 is 10.3 Å². The lowest BCUT2D eigenvalue weighted by molar-refractivity contribution is 0.913. The first-order chi connectivity index (χ1) is 17.2. The van der Waals surface area contributed by atoms with E-state index in [4.69, 9.17) is 0 Å². The summed E-state index contributed by atoms with van der Waals surface area (Å²) in [5.41, 5.74) is 9.58. The normalized spacial score (nSPS) is 11.3. The van der Waals surface area contributed by atoms with Crippen LogP contribution in [0.5, 0.6) is 0 Å². The average molecular weight is 478 g/mol. The molecule has 0 spiro atoms. The Kier molecular flexibility index (Phi) is 5.35. The van der Waals surface area contributed by atoms with Crippen LogP contribution in [0, 0.1) is 0 Å². The molecular weight excluding hydrogens is 454 g/mol. The molecule has 0 atom stereocenters. The Morgan fingerprint density at radius 3 is 2.74 bits per heavy atom. The summed E-state index contributed by atoms with van der Waals surface area (Å²) >= 11 is 1.68. The molecule has 7 nitrogen and oxygen atoms in total. The number of fused-ring (bicyclic) bond motifs is 2. The Balaban J connectivity index is 1.40. The fourth-order valence-electron chi connectivity index (χ4n) is 4.33. The molecule has 6 rings (SSSR count). The summed E-state index contributed by atoms with van der Waals surface area (Å²) in [6, 6.07) is 8.43. The molecule has 0 saturated carbocycles. The quantitative estimate of drug-likeness (QED) is 0.230. The number of aromatic amines is 2. The standard InChI is InChI=1S/C27H23N7S/c1-3-4-16(2)31-20-7-18(10-28-12-20)19-8-22-26(33-34-27(22)30-11-19)24-9-21-23(17-5-6-35-15-17)13-29-14-25(21)32-24/h5-15,31-32H,2-4H2,1H3,(H,30,33,34). The molecule has 6 heterocycles. The van der Waals surface area contributed by atoms with E-state index >= 15 is 0 Å². The molecule has 0 aliphatic carbocycles. The molecule has 6 aromatic heterocycles. The molecule has 0 unspecified atom stereocenters. The third kappa shape index (κ3) is 3.98. The first-order valence-corrected chi connectivity index (χ1v) is 12.4. The van der Waals surface area contributed by atoms with Gasteiger partial charge in [0.1, 0.15) is 0 Å². The van der Waals surface area contributed by atoms with Gasteiger partial charge in [-0.1, -0.05) is 19.9 Å². The highest BCUT2D eigenvalue weighted by molar-refractivity contribution is 7.08. The molecular formula is C27H23N7S. The maximum atomic E-state index is 4.60. The van der Waals surface area contributed by atoms with Crippen LogP contribution >= 0.6 is 11.3 Å². The molecule has 0 aliphatic heterocycles. The van der Waals surface area contributed by atoms with E-state index in [9.17, 15) is 0 Å². The topological polar surface area (TPSA) is 95.2 Å². The lowest BCUT2D eigenvalue weighted by Gasteiger charge is -2.09. The van der Waals surface area contributed by atoms with Crippen LogP contribution in [0.2, 0.25) is 0 Å². The molecule has 0 fully saturated rings. The van der Waals surface area contributed by atoms with E-state index in [-0.39, 0.29) is 0 Å². The Labute approximate surface area is 206 Å². The van der Waals surface area contributed by atoms with E-state index in [1.54, 1.807) is 11.3 Å². The zero-order valence-electron chi connectivity index (χ0n) is 19.2. The zero-order valence-corrected chi connectivity index (χ0v) is 20.0. The van der Waals surface area contributed by atoms with Gasteiger partial charge in [-0.25, -0.2) is 4.98 Å². The van der Waals surface area contributed by atoms with Crippen molar-refractivity contribution in [2.24, 2.45) is 0 Å². The number of nitrogens with zero attached hydrogens (tertiary/aromatic N) is 4. The van der Waals surface area contributed by atoms with Crippen molar-refractivity contribution in [2.75, 3.05) is 5.32 Å².